The van der Waals surface area contributed by atoms with Crippen LogP contribution in [0.2, 0.25) is 0 Å². The van der Waals surface area contributed by atoms with Gasteiger partial charge in [0.05, 0.1) is 28.2 Å². The standard InChI is InChI=1S/C30H40N6O2S/c1-8-10-15-36(14-9-2)29(37)22-11-12-24(23(17-22)18-31)25-19-33(5)21(4)26(34(25)6)30-35(7)32-28(38-30)27-20(3)13-16-39-27/h11-13,16-17,25,30H,8-10,14-15,19H2,1-7H3. The third-order valence-corrected chi connectivity index (χ3v) is 8.69. The van der Waals surface area contributed by atoms with E-state index in [4.69, 9.17) is 9.84 Å². The third kappa shape index (κ3) is 5.62. The van der Waals surface area contributed by atoms with Crippen LogP contribution in [0.3, 0.4) is 0 Å². The lowest BCUT2D eigenvalue weighted by Gasteiger charge is -2.44. The van der Waals surface area contributed by atoms with Gasteiger partial charge in [-0.25, -0.2) is 0 Å². The molecule has 0 fully saturated rings. The Balaban J connectivity index is 1.62. The van der Waals surface area contributed by atoms with Crippen molar-refractivity contribution in [1.82, 2.24) is 19.7 Å². The van der Waals surface area contributed by atoms with E-state index in [0.717, 1.165) is 59.8 Å². The highest BCUT2D eigenvalue weighted by Crippen LogP contribution is 2.38. The fraction of sp³-hybridized carbons (Fsp3) is 0.500. The molecule has 0 aliphatic carbocycles. The molecule has 4 rings (SSSR count). The molecular formula is C30H40N6O2S. The van der Waals surface area contributed by atoms with Gasteiger partial charge in [0.15, 0.2) is 0 Å². The van der Waals surface area contributed by atoms with Crippen LogP contribution in [0, 0.1) is 18.3 Å². The van der Waals surface area contributed by atoms with Crippen LogP contribution in [0.4, 0.5) is 0 Å². The van der Waals surface area contributed by atoms with Crippen LogP contribution in [0.1, 0.15) is 78.0 Å². The zero-order chi connectivity index (χ0) is 28.3. The van der Waals surface area contributed by atoms with E-state index in [1.807, 2.05) is 34.5 Å². The molecule has 2 unspecified atom stereocenters. The topological polar surface area (TPSA) is 75.4 Å². The Morgan fingerprint density at radius 1 is 1.18 bits per heavy atom. The number of ether oxygens (including phenoxy) is 1. The first kappa shape index (κ1) is 28.5. The summed E-state index contributed by atoms with van der Waals surface area (Å²) in [5.41, 5.74) is 5.25. The monoisotopic (exact) mass is 548 g/mol. The summed E-state index contributed by atoms with van der Waals surface area (Å²) in [7, 11) is 6.05. The van der Waals surface area contributed by atoms with Crippen molar-refractivity contribution in [1.29, 1.82) is 5.26 Å². The van der Waals surface area contributed by atoms with Crippen LogP contribution in [-0.4, -0.2) is 78.5 Å². The number of likely N-dealkylation sites (N-methyl/N-ethyl adjacent to an activating group) is 3. The van der Waals surface area contributed by atoms with E-state index in [2.05, 4.69) is 63.7 Å². The number of allylic oxidation sites excluding steroid dienone is 1. The van der Waals surface area contributed by atoms with Gasteiger partial charge in [-0.2, -0.15) is 5.26 Å². The first-order chi connectivity index (χ1) is 18.7. The maximum atomic E-state index is 13.3. The molecule has 2 aliphatic heterocycles. The highest BCUT2D eigenvalue weighted by molar-refractivity contribution is 7.12. The van der Waals surface area contributed by atoms with Crippen molar-refractivity contribution >= 4 is 23.1 Å². The lowest BCUT2D eigenvalue weighted by molar-refractivity contribution is 0.0558. The Morgan fingerprint density at radius 2 is 1.95 bits per heavy atom. The van der Waals surface area contributed by atoms with Crippen molar-refractivity contribution in [2.45, 2.75) is 59.2 Å². The zero-order valence-corrected chi connectivity index (χ0v) is 25.0. The van der Waals surface area contributed by atoms with Gasteiger partial charge in [-0.15, -0.1) is 16.4 Å². The Kier molecular flexibility index (Phi) is 8.86. The van der Waals surface area contributed by atoms with Crippen LogP contribution in [0.5, 0.6) is 0 Å². The van der Waals surface area contributed by atoms with Crippen LogP contribution in [0.15, 0.2) is 46.1 Å². The minimum atomic E-state index is -0.385. The van der Waals surface area contributed by atoms with Crippen LogP contribution >= 0.6 is 11.3 Å². The maximum Gasteiger partial charge on any atom is 0.253 e. The smallest absolute Gasteiger partial charge is 0.253 e. The van der Waals surface area contributed by atoms with Crippen LogP contribution in [-0.2, 0) is 4.74 Å². The number of nitriles is 1. The lowest BCUT2D eigenvalue weighted by atomic mass is 9.94. The van der Waals surface area contributed by atoms with Crippen molar-refractivity contribution in [2.75, 3.05) is 40.8 Å². The number of hydrazone groups is 1. The highest BCUT2D eigenvalue weighted by Gasteiger charge is 2.40. The van der Waals surface area contributed by atoms with Gasteiger partial charge in [-0.05, 0) is 61.4 Å². The van der Waals surface area contributed by atoms with E-state index in [1.54, 1.807) is 17.4 Å². The van der Waals surface area contributed by atoms with Gasteiger partial charge < -0.3 is 19.4 Å². The average molecular weight is 549 g/mol. The molecule has 0 saturated carbocycles. The Morgan fingerprint density at radius 3 is 2.59 bits per heavy atom. The second-order valence-electron chi connectivity index (χ2n) is 10.4. The van der Waals surface area contributed by atoms with Gasteiger partial charge in [0.1, 0.15) is 0 Å². The van der Waals surface area contributed by atoms with Gasteiger partial charge in [0.2, 0.25) is 6.23 Å². The van der Waals surface area contributed by atoms with Gasteiger partial charge in [-0.1, -0.05) is 26.3 Å². The predicted molar refractivity (Wildman–Crippen MR) is 156 cm³/mol. The summed E-state index contributed by atoms with van der Waals surface area (Å²) in [6, 6.07) is 9.96. The molecule has 0 radical (unpaired) electrons. The van der Waals surface area contributed by atoms with E-state index >= 15 is 0 Å². The molecule has 1 aromatic heterocycles. The van der Waals surface area contributed by atoms with Crippen molar-refractivity contribution in [3.8, 4) is 6.07 Å². The van der Waals surface area contributed by atoms with Gasteiger partial charge in [0, 0.05) is 52.0 Å². The molecule has 8 nitrogen and oxygen atoms in total. The number of hydrogen-bond acceptors (Lipinski definition) is 8. The minimum Gasteiger partial charge on any atom is -0.444 e. The summed E-state index contributed by atoms with van der Waals surface area (Å²) in [5, 5.41) is 18.8. The molecule has 2 atom stereocenters. The number of thiophene rings is 1. The minimum absolute atomic E-state index is 0.00609. The summed E-state index contributed by atoms with van der Waals surface area (Å²) in [6.07, 6.45) is 2.52. The molecule has 3 heterocycles. The second kappa shape index (κ2) is 12.1. The number of hydrogen-bond donors (Lipinski definition) is 0. The third-order valence-electron chi connectivity index (χ3n) is 7.68. The largest absolute Gasteiger partial charge is 0.444 e. The predicted octanol–water partition coefficient (Wildman–Crippen LogP) is 5.38. The highest BCUT2D eigenvalue weighted by atomic mass is 32.1. The molecule has 39 heavy (non-hydrogen) atoms. The molecule has 208 valence electrons. The molecule has 0 saturated heterocycles. The molecular weight excluding hydrogens is 508 g/mol. The van der Waals surface area contributed by atoms with Crippen LogP contribution in [0.25, 0.3) is 0 Å². The number of benzene rings is 1. The van der Waals surface area contributed by atoms with Crippen LogP contribution < -0.4 is 0 Å². The van der Waals surface area contributed by atoms with Crippen molar-refractivity contribution in [2.24, 2.45) is 5.10 Å². The summed E-state index contributed by atoms with van der Waals surface area (Å²) >= 11 is 1.63. The molecule has 9 heteroatoms. The number of nitrogens with zero attached hydrogens (tertiary/aromatic N) is 6. The number of rotatable bonds is 9. The Hall–Kier alpha value is -3.51. The maximum absolute atomic E-state index is 13.3. The number of carbonyl (C=O) groups excluding carboxylic acids is 1. The van der Waals surface area contributed by atoms with Crippen molar-refractivity contribution < 1.29 is 9.53 Å². The molecule has 2 aliphatic rings. The normalized spacial score (nSPS) is 19.2. The van der Waals surface area contributed by atoms with Gasteiger partial charge in [-0.3, -0.25) is 9.80 Å². The number of aryl methyl sites for hydroxylation is 1. The summed E-state index contributed by atoms with van der Waals surface area (Å²) < 4.78 is 6.45. The molecule has 1 aromatic carbocycles. The van der Waals surface area contributed by atoms with E-state index in [1.165, 1.54) is 0 Å². The molecule has 0 bridgehead atoms. The second-order valence-corrected chi connectivity index (χ2v) is 11.3. The molecule has 0 N–H and O–H groups in total. The van der Waals surface area contributed by atoms with E-state index in [9.17, 15) is 10.1 Å². The van der Waals surface area contributed by atoms with Crippen molar-refractivity contribution in [3.05, 3.63) is 68.2 Å². The SMILES string of the molecule is CCCCN(CCC)C(=O)c1ccc(C2CN(C)C(C)=C(C3OC(c4sccc4C)=NN3C)N2C)c(C#N)c1. The average Bonchev–Trinajstić information content (AvgIpc) is 3.53. The summed E-state index contributed by atoms with van der Waals surface area (Å²) in [5.74, 6) is 0.627. The van der Waals surface area contributed by atoms with Gasteiger partial charge >= 0.3 is 0 Å². The van der Waals surface area contributed by atoms with E-state index < -0.39 is 0 Å². The number of unbranched alkanes of at least 4 members (excludes halogenated alkanes) is 1. The fourth-order valence-corrected chi connectivity index (χ4v) is 6.17. The fourth-order valence-electron chi connectivity index (χ4n) is 5.32. The van der Waals surface area contributed by atoms with Gasteiger partial charge in [0.25, 0.3) is 11.8 Å². The molecule has 2 aromatic rings. The quantitative estimate of drug-likeness (QED) is 0.419. The number of carbonyl (C=O) groups is 1. The number of amides is 1. The Bertz CT molecular complexity index is 1310. The summed E-state index contributed by atoms with van der Waals surface area (Å²) in [4.78, 5) is 20.7. The first-order valence-electron chi connectivity index (χ1n) is 13.7. The summed E-state index contributed by atoms with van der Waals surface area (Å²) in [6.45, 7) is 10.5. The lowest BCUT2D eigenvalue weighted by Crippen LogP contribution is -2.46. The first-order valence-corrected chi connectivity index (χ1v) is 14.6. The van der Waals surface area contributed by atoms with E-state index in [0.29, 0.717) is 23.6 Å². The zero-order valence-electron chi connectivity index (χ0n) is 24.2. The van der Waals surface area contributed by atoms with Crippen molar-refractivity contribution in [3.63, 3.8) is 0 Å². The van der Waals surface area contributed by atoms with E-state index in [-0.39, 0.29) is 18.2 Å². The molecule has 1 amide bonds. The molecule has 0 spiro atoms. The Labute approximate surface area is 236 Å².